The van der Waals surface area contributed by atoms with Crippen LogP contribution in [0.25, 0.3) is 0 Å². The number of thiophene rings is 1. The second-order valence-corrected chi connectivity index (χ2v) is 6.56. The molecule has 0 amide bonds. The molecule has 0 bridgehead atoms. The Hall–Kier alpha value is -0.790. The Kier molecular flexibility index (Phi) is 4.47. The smallest absolute Gasteiger partial charge is 0.313 e. The number of carboxylic acid groups (broad SMARTS) is 1. The molecular formula is C11H11BrN2O2S2. The van der Waals surface area contributed by atoms with Crippen LogP contribution in [0.4, 0.5) is 0 Å². The zero-order valence-electron chi connectivity index (χ0n) is 9.59. The van der Waals surface area contributed by atoms with Crippen LogP contribution in [0, 0.1) is 6.92 Å². The number of imidazole rings is 1. The highest BCUT2D eigenvalue weighted by atomic mass is 79.9. The van der Waals surface area contributed by atoms with Gasteiger partial charge in [0.1, 0.15) is 0 Å². The SMILES string of the molecule is Cc1cn(Cc2cc(Br)cs2)c(SCC(=O)O)n1. The van der Waals surface area contributed by atoms with E-state index in [0.29, 0.717) is 0 Å². The van der Waals surface area contributed by atoms with Crippen molar-refractivity contribution >= 4 is 45.0 Å². The molecule has 0 aliphatic carbocycles. The van der Waals surface area contributed by atoms with E-state index in [0.717, 1.165) is 21.9 Å². The highest BCUT2D eigenvalue weighted by molar-refractivity contribution is 9.10. The van der Waals surface area contributed by atoms with Crippen molar-refractivity contribution in [3.8, 4) is 0 Å². The van der Waals surface area contributed by atoms with Crippen molar-refractivity contribution in [3.63, 3.8) is 0 Å². The summed E-state index contributed by atoms with van der Waals surface area (Å²) in [7, 11) is 0. The molecule has 2 heterocycles. The monoisotopic (exact) mass is 346 g/mol. The standard InChI is InChI=1S/C11H11BrN2O2S2/c1-7-3-14(4-9-2-8(12)5-17-9)11(13-7)18-6-10(15)16/h2-3,5H,4,6H2,1H3,(H,15,16). The lowest BCUT2D eigenvalue weighted by Gasteiger charge is -2.04. The third-order valence-electron chi connectivity index (χ3n) is 2.13. The molecule has 0 unspecified atom stereocenters. The average molecular weight is 347 g/mol. The molecule has 0 fully saturated rings. The number of aliphatic carboxylic acids is 1. The summed E-state index contributed by atoms with van der Waals surface area (Å²) >= 11 is 6.33. The summed E-state index contributed by atoms with van der Waals surface area (Å²) in [5.74, 6) is -0.795. The van der Waals surface area contributed by atoms with E-state index in [4.69, 9.17) is 5.11 Å². The number of thioether (sulfide) groups is 1. The van der Waals surface area contributed by atoms with Gasteiger partial charge in [-0.15, -0.1) is 11.3 Å². The Bertz CT molecular complexity index is 565. The molecule has 0 radical (unpaired) electrons. The van der Waals surface area contributed by atoms with Crippen LogP contribution in [-0.4, -0.2) is 26.4 Å². The number of aryl methyl sites for hydroxylation is 1. The van der Waals surface area contributed by atoms with Crippen molar-refractivity contribution < 1.29 is 9.90 Å². The van der Waals surface area contributed by atoms with Crippen LogP contribution in [0.5, 0.6) is 0 Å². The lowest BCUT2D eigenvalue weighted by atomic mass is 10.4. The number of rotatable bonds is 5. The maximum absolute atomic E-state index is 10.6. The Labute approximate surface area is 121 Å². The Balaban J connectivity index is 2.14. The van der Waals surface area contributed by atoms with E-state index in [1.54, 1.807) is 11.3 Å². The van der Waals surface area contributed by atoms with Gasteiger partial charge >= 0.3 is 5.97 Å². The fourth-order valence-electron chi connectivity index (χ4n) is 1.48. The molecule has 2 aromatic heterocycles. The van der Waals surface area contributed by atoms with Gasteiger partial charge in [-0.3, -0.25) is 4.79 Å². The van der Waals surface area contributed by atoms with Gasteiger partial charge in [0.15, 0.2) is 5.16 Å². The number of hydrogen-bond donors (Lipinski definition) is 1. The number of nitrogens with zero attached hydrogens (tertiary/aromatic N) is 2. The molecule has 0 spiro atoms. The Morgan fingerprint density at radius 3 is 3.06 bits per heavy atom. The first kappa shape index (κ1) is 13.6. The van der Waals surface area contributed by atoms with E-state index >= 15 is 0 Å². The van der Waals surface area contributed by atoms with Crippen LogP contribution >= 0.6 is 39.0 Å². The van der Waals surface area contributed by atoms with Crippen molar-refractivity contribution in [2.24, 2.45) is 0 Å². The van der Waals surface area contributed by atoms with Gasteiger partial charge in [0, 0.05) is 20.9 Å². The molecule has 2 aromatic rings. The van der Waals surface area contributed by atoms with Gasteiger partial charge < -0.3 is 9.67 Å². The molecule has 0 saturated heterocycles. The van der Waals surface area contributed by atoms with Gasteiger partial charge in [-0.1, -0.05) is 11.8 Å². The highest BCUT2D eigenvalue weighted by Crippen LogP contribution is 2.23. The van der Waals surface area contributed by atoms with Crippen molar-refractivity contribution in [2.75, 3.05) is 5.75 Å². The fraction of sp³-hybridized carbons (Fsp3) is 0.273. The van der Waals surface area contributed by atoms with Crippen LogP contribution in [0.2, 0.25) is 0 Å². The second-order valence-electron chi connectivity index (χ2n) is 3.71. The summed E-state index contributed by atoms with van der Waals surface area (Å²) in [5.41, 5.74) is 0.901. The molecule has 0 saturated carbocycles. The van der Waals surface area contributed by atoms with Crippen LogP contribution in [0.1, 0.15) is 10.6 Å². The second kappa shape index (κ2) is 5.90. The molecule has 7 heteroatoms. The van der Waals surface area contributed by atoms with E-state index in [1.807, 2.05) is 23.1 Å². The quantitative estimate of drug-likeness (QED) is 0.844. The summed E-state index contributed by atoms with van der Waals surface area (Å²) < 4.78 is 3.06. The van der Waals surface area contributed by atoms with Gasteiger partial charge in [-0.2, -0.15) is 0 Å². The predicted molar refractivity (Wildman–Crippen MR) is 76.4 cm³/mol. The molecule has 1 N–H and O–H groups in total. The number of aromatic nitrogens is 2. The van der Waals surface area contributed by atoms with E-state index in [1.165, 1.54) is 16.6 Å². The minimum absolute atomic E-state index is 0.0323. The van der Waals surface area contributed by atoms with E-state index < -0.39 is 5.97 Å². The number of carboxylic acids is 1. The molecule has 4 nitrogen and oxygen atoms in total. The van der Waals surface area contributed by atoms with Gasteiger partial charge in [-0.05, 0) is 28.9 Å². The summed E-state index contributed by atoms with van der Waals surface area (Å²) in [6, 6.07) is 2.06. The summed E-state index contributed by atoms with van der Waals surface area (Å²) in [5, 5.41) is 11.5. The molecule has 0 aliphatic rings. The lowest BCUT2D eigenvalue weighted by Crippen LogP contribution is -2.02. The number of halogens is 1. The Morgan fingerprint density at radius 2 is 2.44 bits per heavy atom. The first-order valence-electron chi connectivity index (χ1n) is 5.16. The molecule has 18 heavy (non-hydrogen) atoms. The van der Waals surface area contributed by atoms with Crippen LogP contribution in [-0.2, 0) is 11.3 Å². The van der Waals surface area contributed by atoms with E-state index in [9.17, 15) is 4.79 Å². The topological polar surface area (TPSA) is 55.1 Å². The minimum Gasteiger partial charge on any atom is -0.481 e. The van der Waals surface area contributed by atoms with Crippen molar-refractivity contribution in [2.45, 2.75) is 18.6 Å². The molecule has 2 rings (SSSR count). The maximum atomic E-state index is 10.6. The van der Waals surface area contributed by atoms with Gasteiger partial charge in [0.05, 0.1) is 18.0 Å². The van der Waals surface area contributed by atoms with E-state index in [-0.39, 0.29) is 5.75 Å². The molecule has 0 aromatic carbocycles. The zero-order valence-corrected chi connectivity index (χ0v) is 12.8. The third-order valence-corrected chi connectivity index (χ3v) is 4.79. The van der Waals surface area contributed by atoms with Crippen LogP contribution in [0.15, 0.2) is 27.3 Å². The summed E-state index contributed by atoms with van der Waals surface area (Å²) in [6.07, 6.45) is 1.94. The maximum Gasteiger partial charge on any atom is 0.313 e. The lowest BCUT2D eigenvalue weighted by molar-refractivity contribution is -0.133. The first-order chi connectivity index (χ1) is 8.54. The summed E-state index contributed by atoms with van der Waals surface area (Å²) in [6.45, 7) is 2.63. The zero-order chi connectivity index (χ0) is 13.1. The van der Waals surface area contributed by atoms with Crippen LogP contribution < -0.4 is 0 Å². The molecular weight excluding hydrogens is 336 g/mol. The normalized spacial score (nSPS) is 10.8. The van der Waals surface area contributed by atoms with Gasteiger partial charge in [-0.25, -0.2) is 4.98 Å². The largest absolute Gasteiger partial charge is 0.481 e. The highest BCUT2D eigenvalue weighted by Gasteiger charge is 2.10. The van der Waals surface area contributed by atoms with Crippen LogP contribution in [0.3, 0.4) is 0 Å². The van der Waals surface area contributed by atoms with Gasteiger partial charge in [0.25, 0.3) is 0 Å². The number of hydrogen-bond acceptors (Lipinski definition) is 4. The third kappa shape index (κ3) is 3.60. The predicted octanol–water partition coefficient (Wildman–Crippen LogP) is 3.24. The molecule has 0 atom stereocenters. The molecule has 0 aliphatic heterocycles. The van der Waals surface area contributed by atoms with Crippen molar-refractivity contribution in [1.82, 2.24) is 9.55 Å². The summed E-state index contributed by atoms with van der Waals surface area (Å²) in [4.78, 5) is 16.1. The molecule has 96 valence electrons. The van der Waals surface area contributed by atoms with Crippen molar-refractivity contribution in [3.05, 3.63) is 32.7 Å². The van der Waals surface area contributed by atoms with E-state index in [2.05, 4.69) is 27.0 Å². The fourth-order valence-corrected chi connectivity index (χ4v) is 3.68. The first-order valence-corrected chi connectivity index (χ1v) is 7.81. The van der Waals surface area contributed by atoms with Crippen molar-refractivity contribution in [1.29, 1.82) is 0 Å². The average Bonchev–Trinajstić information content (AvgIpc) is 2.83. The van der Waals surface area contributed by atoms with Gasteiger partial charge in [0.2, 0.25) is 0 Å². The minimum atomic E-state index is -0.828. The Morgan fingerprint density at radius 1 is 1.67 bits per heavy atom. The number of carbonyl (C=O) groups is 1.